The zero-order valence-corrected chi connectivity index (χ0v) is 10.9. The number of benzene rings is 1. The molecular formula is C10H12BrClN2O. The number of para-hydroxylation sites is 1. The van der Waals surface area contributed by atoms with Crippen molar-refractivity contribution in [2.75, 3.05) is 29.6 Å². The van der Waals surface area contributed by atoms with Gasteiger partial charge in [0.15, 0.2) is 0 Å². The molecule has 1 aromatic carbocycles. The molecule has 0 aromatic heterocycles. The van der Waals surface area contributed by atoms with Crippen LogP contribution in [-0.2, 0) is 4.79 Å². The standard InChI is InChI=1S/C10H12BrClN2O/c1-14(2)10-7(12)4-3-5-8(10)13-9(15)6-11/h3-5H,6H2,1-2H3,(H,13,15). The molecule has 0 unspecified atom stereocenters. The van der Waals surface area contributed by atoms with Crippen molar-refractivity contribution in [3.8, 4) is 0 Å². The molecule has 0 bridgehead atoms. The molecule has 0 aliphatic rings. The first-order chi connectivity index (χ1) is 7.06. The topological polar surface area (TPSA) is 32.3 Å². The Bertz CT molecular complexity index is 368. The molecule has 1 aromatic rings. The van der Waals surface area contributed by atoms with Crippen LogP contribution in [0.5, 0.6) is 0 Å². The van der Waals surface area contributed by atoms with Gasteiger partial charge in [0.25, 0.3) is 0 Å². The van der Waals surface area contributed by atoms with E-state index in [1.54, 1.807) is 12.1 Å². The summed E-state index contributed by atoms with van der Waals surface area (Å²) in [7, 11) is 3.76. The summed E-state index contributed by atoms with van der Waals surface area (Å²) in [6.07, 6.45) is 0. The molecule has 1 amide bonds. The van der Waals surface area contributed by atoms with Gasteiger partial charge in [0.1, 0.15) is 0 Å². The Morgan fingerprint density at radius 1 is 1.53 bits per heavy atom. The van der Waals surface area contributed by atoms with Crippen molar-refractivity contribution in [2.24, 2.45) is 0 Å². The number of hydrogen-bond acceptors (Lipinski definition) is 2. The third-order valence-corrected chi connectivity index (χ3v) is 2.64. The van der Waals surface area contributed by atoms with Crippen molar-refractivity contribution in [3.63, 3.8) is 0 Å². The van der Waals surface area contributed by atoms with E-state index in [9.17, 15) is 4.79 Å². The van der Waals surface area contributed by atoms with E-state index in [2.05, 4.69) is 21.2 Å². The maximum atomic E-state index is 11.2. The molecule has 5 heteroatoms. The van der Waals surface area contributed by atoms with E-state index in [1.165, 1.54) is 0 Å². The van der Waals surface area contributed by atoms with Crippen LogP contribution in [0.4, 0.5) is 11.4 Å². The van der Waals surface area contributed by atoms with Gasteiger partial charge in [-0.25, -0.2) is 0 Å². The Hall–Kier alpha value is -0.740. The number of carbonyl (C=O) groups excluding carboxylic acids is 1. The number of halogens is 2. The summed E-state index contributed by atoms with van der Waals surface area (Å²) in [4.78, 5) is 13.1. The second kappa shape index (κ2) is 5.37. The fourth-order valence-electron chi connectivity index (χ4n) is 1.25. The highest BCUT2D eigenvalue weighted by molar-refractivity contribution is 9.09. The number of nitrogens with one attached hydrogen (secondary N) is 1. The van der Waals surface area contributed by atoms with Crippen molar-refractivity contribution in [1.29, 1.82) is 0 Å². The maximum absolute atomic E-state index is 11.2. The summed E-state index contributed by atoms with van der Waals surface area (Å²) in [6, 6.07) is 5.42. The fraction of sp³-hybridized carbons (Fsp3) is 0.300. The van der Waals surface area contributed by atoms with Crippen LogP contribution < -0.4 is 10.2 Å². The zero-order valence-electron chi connectivity index (χ0n) is 8.55. The van der Waals surface area contributed by atoms with E-state index < -0.39 is 0 Å². The van der Waals surface area contributed by atoms with Crippen LogP contribution in [0, 0.1) is 0 Å². The molecule has 0 spiro atoms. The lowest BCUT2D eigenvalue weighted by Gasteiger charge is -2.19. The molecule has 0 radical (unpaired) electrons. The Kier molecular flexibility index (Phi) is 4.42. The highest BCUT2D eigenvalue weighted by atomic mass is 79.9. The molecule has 0 saturated carbocycles. The molecule has 0 aliphatic heterocycles. The number of carbonyl (C=O) groups is 1. The van der Waals surface area contributed by atoms with Gasteiger partial charge in [-0.15, -0.1) is 0 Å². The minimum Gasteiger partial charge on any atom is -0.375 e. The van der Waals surface area contributed by atoms with Gasteiger partial charge in [0, 0.05) is 14.1 Å². The van der Waals surface area contributed by atoms with E-state index >= 15 is 0 Å². The van der Waals surface area contributed by atoms with Crippen LogP contribution >= 0.6 is 27.5 Å². The second-order valence-electron chi connectivity index (χ2n) is 3.21. The second-order valence-corrected chi connectivity index (χ2v) is 4.18. The normalized spacial score (nSPS) is 9.87. The van der Waals surface area contributed by atoms with Gasteiger partial charge in [-0.1, -0.05) is 33.6 Å². The van der Waals surface area contributed by atoms with E-state index in [0.29, 0.717) is 5.02 Å². The van der Waals surface area contributed by atoms with E-state index in [4.69, 9.17) is 11.6 Å². The quantitative estimate of drug-likeness (QED) is 0.869. The van der Waals surface area contributed by atoms with Crippen molar-refractivity contribution in [2.45, 2.75) is 0 Å². The number of amides is 1. The Morgan fingerprint density at radius 3 is 2.73 bits per heavy atom. The monoisotopic (exact) mass is 290 g/mol. The molecule has 1 N–H and O–H groups in total. The third-order valence-electron chi connectivity index (χ3n) is 1.83. The molecule has 0 fully saturated rings. The Morgan fingerprint density at radius 2 is 2.20 bits per heavy atom. The minimum absolute atomic E-state index is 0.0969. The molecule has 15 heavy (non-hydrogen) atoms. The van der Waals surface area contributed by atoms with Gasteiger partial charge >= 0.3 is 0 Å². The van der Waals surface area contributed by atoms with E-state index in [-0.39, 0.29) is 11.2 Å². The van der Waals surface area contributed by atoms with Crippen LogP contribution in [0.25, 0.3) is 0 Å². The molecule has 82 valence electrons. The first-order valence-corrected chi connectivity index (χ1v) is 5.88. The van der Waals surface area contributed by atoms with Crippen LogP contribution in [0.1, 0.15) is 0 Å². The van der Waals surface area contributed by atoms with Crippen LogP contribution in [0.2, 0.25) is 5.02 Å². The number of anilines is 2. The molecule has 1 rings (SSSR count). The number of hydrogen-bond donors (Lipinski definition) is 1. The fourth-order valence-corrected chi connectivity index (χ4v) is 1.74. The highest BCUT2D eigenvalue weighted by Gasteiger charge is 2.10. The average molecular weight is 292 g/mol. The summed E-state index contributed by atoms with van der Waals surface area (Å²) < 4.78 is 0. The first-order valence-electron chi connectivity index (χ1n) is 4.38. The number of rotatable bonds is 3. The lowest BCUT2D eigenvalue weighted by atomic mass is 10.2. The highest BCUT2D eigenvalue weighted by Crippen LogP contribution is 2.32. The molecule has 0 atom stereocenters. The van der Waals surface area contributed by atoms with Gasteiger partial charge in [-0.2, -0.15) is 0 Å². The lowest BCUT2D eigenvalue weighted by Crippen LogP contribution is -2.17. The van der Waals surface area contributed by atoms with Gasteiger partial charge in [-0.3, -0.25) is 4.79 Å². The minimum atomic E-state index is -0.0969. The van der Waals surface area contributed by atoms with E-state index in [1.807, 2.05) is 25.1 Å². The van der Waals surface area contributed by atoms with E-state index in [0.717, 1.165) is 11.4 Å². The molecule has 0 saturated heterocycles. The van der Waals surface area contributed by atoms with Gasteiger partial charge < -0.3 is 10.2 Å². The zero-order chi connectivity index (χ0) is 11.4. The van der Waals surface area contributed by atoms with Crippen molar-refractivity contribution >= 4 is 44.8 Å². The molecular weight excluding hydrogens is 279 g/mol. The Labute approximate surface area is 103 Å². The average Bonchev–Trinajstić information content (AvgIpc) is 2.17. The summed E-state index contributed by atoms with van der Waals surface area (Å²) in [5.41, 5.74) is 1.53. The number of alkyl halides is 1. The maximum Gasteiger partial charge on any atom is 0.235 e. The summed E-state index contributed by atoms with van der Waals surface area (Å²) in [5, 5.41) is 3.66. The summed E-state index contributed by atoms with van der Waals surface area (Å²) in [6.45, 7) is 0. The van der Waals surface area contributed by atoms with Crippen molar-refractivity contribution < 1.29 is 4.79 Å². The van der Waals surface area contributed by atoms with Gasteiger partial charge in [0.05, 0.1) is 21.7 Å². The summed E-state index contributed by atoms with van der Waals surface area (Å²) in [5.74, 6) is -0.0969. The largest absolute Gasteiger partial charge is 0.375 e. The molecule has 0 heterocycles. The van der Waals surface area contributed by atoms with Gasteiger partial charge in [0.2, 0.25) is 5.91 Å². The Balaban J connectivity index is 3.06. The smallest absolute Gasteiger partial charge is 0.235 e. The van der Waals surface area contributed by atoms with Crippen LogP contribution in [-0.4, -0.2) is 25.3 Å². The lowest BCUT2D eigenvalue weighted by molar-refractivity contribution is -0.113. The predicted molar refractivity (Wildman–Crippen MR) is 68.2 cm³/mol. The number of nitrogens with zero attached hydrogens (tertiary/aromatic N) is 1. The van der Waals surface area contributed by atoms with Crippen LogP contribution in [0.3, 0.4) is 0 Å². The van der Waals surface area contributed by atoms with Gasteiger partial charge in [-0.05, 0) is 12.1 Å². The van der Waals surface area contributed by atoms with Crippen molar-refractivity contribution in [1.82, 2.24) is 0 Å². The summed E-state index contributed by atoms with van der Waals surface area (Å²) >= 11 is 9.14. The van der Waals surface area contributed by atoms with Crippen LogP contribution in [0.15, 0.2) is 18.2 Å². The third kappa shape index (κ3) is 3.11. The first kappa shape index (κ1) is 12.3. The predicted octanol–water partition coefficient (Wildman–Crippen LogP) is 2.74. The molecule has 3 nitrogen and oxygen atoms in total. The van der Waals surface area contributed by atoms with Crippen molar-refractivity contribution in [3.05, 3.63) is 23.2 Å². The SMILES string of the molecule is CN(C)c1c(Cl)cccc1NC(=O)CBr. The molecule has 0 aliphatic carbocycles.